The van der Waals surface area contributed by atoms with E-state index in [0.717, 1.165) is 5.92 Å². The lowest BCUT2D eigenvalue weighted by Crippen LogP contribution is -2.36. The molecular formula is C13H26O. The summed E-state index contributed by atoms with van der Waals surface area (Å²) in [6.07, 6.45) is 2.48. The van der Waals surface area contributed by atoms with Gasteiger partial charge >= 0.3 is 0 Å². The molecule has 0 heterocycles. The molecule has 1 heteroatoms. The van der Waals surface area contributed by atoms with E-state index >= 15 is 0 Å². The fourth-order valence-electron chi connectivity index (χ4n) is 3.81. The lowest BCUT2D eigenvalue weighted by Gasteiger charge is -2.37. The van der Waals surface area contributed by atoms with Gasteiger partial charge in [-0.2, -0.15) is 0 Å². The second kappa shape index (κ2) is 3.52. The molecule has 2 aliphatic rings. The molecule has 2 unspecified atom stereocenters. The van der Waals surface area contributed by atoms with Crippen molar-refractivity contribution >= 4 is 0 Å². The van der Waals surface area contributed by atoms with Gasteiger partial charge in [-0.15, -0.1) is 0 Å². The van der Waals surface area contributed by atoms with Gasteiger partial charge in [-0.1, -0.05) is 41.5 Å². The van der Waals surface area contributed by atoms with Crippen molar-refractivity contribution in [2.24, 2.45) is 22.7 Å². The van der Waals surface area contributed by atoms with Crippen LogP contribution in [0.1, 0.15) is 54.4 Å². The minimum atomic E-state index is -0.0637. The molecule has 2 saturated carbocycles. The zero-order valence-electron chi connectivity index (χ0n) is 10.6. The molecule has 0 saturated heterocycles. The maximum absolute atomic E-state index is 10.1. The molecular weight excluding hydrogens is 172 g/mol. The van der Waals surface area contributed by atoms with Gasteiger partial charge in [0.25, 0.3) is 0 Å². The summed E-state index contributed by atoms with van der Waals surface area (Å²) in [4.78, 5) is 0. The van der Waals surface area contributed by atoms with E-state index in [2.05, 4.69) is 27.7 Å². The summed E-state index contributed by atoms with van der Waals surface area (Å²) in [5.41, 5.74) is 0.545. The summed E-state index contributed by atoms with van der Waals surface area (Å²) in [6.45, 7) is 13.1. The summed E-state index contributed by atoms with van der Waals surface area (Å²) in [6, 6.07) is 0. The normalized spacial score (nSPS) is 48.6. The zero-order chi connectivity index (χ0) is 11.1. The molecule has 0 aromatic carbocycles. The fraction of sp³-hybridized carbons (Fsp3) is 1.00. The standard InChI is InChI=1S/C11H20O.C2H6/c1-7-8-5-6-11(4,9(7)12)10(8,2)3;1-2/h7-9,12H,5-6H2,1-4H3;1-2H3/t7-,8?,9-,11?;/m1./s1. The molecule has 0 aromatic heterocycles. The highest BCUT2D eigenvalue weighted by atomic mass is 16.3. The molecule has 2 bridgehead atoms. The lowest BCUT2D eigenvalue weighted by molar-refractivity contribution is -0.00626. The van der Waals surface area contributed by atoms with E-state index in [-0.39, 0.29) is 11.5 Å². The number of aliphatic hydroxyl groups is 1. The van der Waals surface area contributed by atoms with E-state index in [1.54, 1.807) is 0 Å². The Bertz CT molecular complexity index is 209. The first-order valence-electron chi connectivity index (χ1n) is 6.09. The van der Waals surface area contributed by atoms with Gasteiger partial charge in [-0.3, -0.25) is 0 Å². The average Bonchev–Trinajstić information content (AvgIpc) is 2.45. The van der Waals surface area contributed by atoms with Gasteiger partial charge in [-0.25, -0.2) is 0 Å². The SMILES string of the molecule is CC.C[C@@H]1C2CCC(C)([C@@H]1O)C2(C)C. The molecule has 0 amide bonds. The van der Waals surface area contributed by atoms with Gasteiger partial charge in [0, 0.05) is 0 Å². The van der Waals surface area contributed by atoms with Gasteiger partial charge in [0.05, 0.1) is 6.10 Å². The molecule has 2 rings (SSSR count). The second-order valence-electron chi connectivity index (χ2n) is 5.59. The van der Waals surface area contributed by atoms with Crippen molar-refractivity contribution in [2.45, 2.75) is 60.5 Å². The van der Waals surface area contributed by atoms with Crippen LogP contribution in [0, 0.1) is 22.7 Å². The zero-order valence-corrected chi connectivity index (χ0v) is 10.6. The van der Waals surface area contributed by atoms with Crippen LogP contribution in [0.2, 0.25) is 0 Å². The van der Waals surface area contributed by atoms with Gasteiger partial charge in [-0.05, 0) is 35.5 Å². The Morgan fingerprint density at radius 1 is 1.14 bits per heavy atom. The highest BCUT2D eigenvalue weighted by molar-refractivity contribution is 5.13. The van der Waals surface area contributed by atoms with E-state index in [9.17, 15) is 5.11 Å². The quantitative estimate of drug-likeness (QED) is 0.632. The number of rotatable bonds is 0. The van der Waals surface area contributed by atoms with E-state index in [4.69, 9.17) is 0 Å². The summed E-state index contributed by atoms with van der Waals surface area (Å²) in [7, 11) is 0. The van der Waals surface area contributed by atoms with Crippen molar-refractivity contribution in [2.75, 3.05) is 0 Å². The minimum Gasteiger partial charge on any atom is -0.392 e. The fourth-order valence-corrected chi connectivity index (χ4v) is 3.81. The predicted molar refractivity (Wildman–Crippen MR) is 61.1 cm³/mol. The predicted octanol–water partition coefficient (Wildman–Crippen LogP) is 3.47. The van der Waals surface area contributed by atoms with Crippen molar-refractivity contribution in [1.29, 1.82) is 0 Å². The summed E-state index contributed by atoms with van der Waals surface area (Å²) >= 11 is 0. The molecule has 0 radical (unpaired) electrons. The van der Waals surface area contributed by atoms with Crippen LogP contribution >= 0.6 is 0 Å². The molecule has 84 valence electrons. The van der Waals surface area contributed by atoms with Crippen molar-refractivity contribution in [1.82, 2.24) is 0 Å². The van der Waals surface area contributed by atoms with Crippen molar-refractivity contribution in [3.8, 4) is 0 Å². The van der Waals surface area contributed by atoms with E-state index in [1.165, 1.54) is 12.8 Å². The molecule has 0 aromatic rings. The van der Waals surface area contributed by atoms with Crippen molar-refractivity contribution in [3.05, 3.63) is 0 Å². The molecule has 1 nitrogen and oxygen atoms in total. The Kier molecular flexibility index (Phi) is 3.02. The van der Waals surface area contributed by atoms with Crippen LogP contribution in [-0.2, 0) is 0 Å². The highest BCUT2D eigenvalue weighted by Crippen LogP contribution is 2.67. The summed E-state index contributed by atoms with van der Waals surface area (Å²) < 4.78 is 0. The van der Waals surface area contributed by atoms with Crippen molar-refractivity contribution in [3.63, 3.8) is 0 Å². The van der Waals surface area contributed by atoms with Crippen LogP contribution in [0.15, 0.2) is 0 Å². The van der Waals surface area contributed by atoms with Gasteiger partial charge < -0.3 is 5.11 Å². The Labute approximate surface area is 88.9 Å². The second-order valence-corrected chi connectivity index (χ2v) is 5.59. The molecule has 2 fully saturated rings. The van der Waals surface area contributed by atoms with E-state index < -0.39 is 0 Å². The smallest absolute Gasteiger partial charge is 0.0627 e. The van der Waals surface area contributed by atoms with Gasteiger partial charge in [0.15, 0.2) is 0 Å². The van der Waals surface area contributed by atoms with Crippen LogP contribution in [0.4, 0.5) is 0 Å². The van der Waals surface area contributed by atoms with Gasteiger partial charge in [0.2, 0.25) is 0 Å². The monoisotopic (exact) mass is 198 g/mol. The summed E-state index contributed by atoms with van der Waals surface area (Å²) in [5, 5.41) is 10.1. The minimum absolute atomic E-state index is 0.0637. The lowest BCUT2D eigenvalue weighted by atomic mass is 9.70. The van der Waals surface area contributed by atoms with E-state index in [0.29, 0.717) is 11.3 Å². The number of aliphatic hydroxyl groups excluding tert-OH is 1. The molecule has 0 aliphatic heterocycles. The highest BCUT2D eigenvalue weighted by Gasteiger charge is 2.64. The average molecular weight is 198 g/mol. The van der Waals surface area contributed by atoms with Crippen LogP contribution in [0.5, 0.6) is 0 Å². The first kappa shape index (κ1) is 12.0. The molecule has 14 heavy (non-hydrogen) atoms. The summed E-state index contributed by atoms with van der Waals surface area (Å²) in [5.74, 6) is 1.26. The van der Waals surface area contributed by atoms with Crippen LogP contribution in [0.25, 0.3) is 0 Å². The molecule has 2 aliphatic carbocycles. The third-order valence-corrected chi connectivity index (χ3v) is 5.16. The first-order chi connectivity index (χ1) is 6.41. The van der Waals surface area contributed by atoms with Gasteiger partial charge in [0.1, 0.15) is 0 Å². The van der Waals surface area contributed by atoms with Crippen molar-refractivity contribution < 1.29 is 5.11 Å². The Hall–Kier alpha value is -0.0400. The Morgan fingerprint density at radius 2 is 1.64 bits per heavy atom. The number of fused-ring (bicyclic) bond motifs is 2. The third-order valence-electron chi connectivity index (χ3n) is 5.16. The molecule has 0 spiro atoms. The Balaban J connectivity index is 0.000000461. The third kappa shape index (κ3) is 1.18. The molecule has 4 atom stereocenters. The number of hydrogen-bond acceptors (Lipinski definition) is 1. The molecule has 1 N–H and O–H groups in total. The van der Waals surface area contributed by atoms with Crippen LogP contribution < -0.4 is 0 Å². The topological polar surface area (TPSA) is 20.2 Å². The number of hydrogen-bond donors (Lipinski definition) is 1. The van der Waals surface area contributed by atoms with E-state index in [1.807, 2.05) is 13.8 Å². The maximum Gasteiger partial charge on any atom is 0.0627 e. The van der Waals surface area contributed by atoms with Crippen LogP contribution in [0.3, 0.4) is 0 Å². The maximum atomic E-state index is 10.1. The Morgan fingerprint density at radius 3 is 1.86 bits per heavy atom. The van der Waals surface area contributed by atoms with Crippen LogP contribution in [-0.4, -0.2) is 11.2 Å². The largest absolute Gasteiger partial charge is 0.392 e. The first-order valence-corrected chi connectivity index (χ1v) is 6.09.